The van der Waals surface area contributed by atoms with Gasteiger partial charge in [0, 0.05) is 26.3 Å². The van der Waals surface area contributed by atoms with Crippen molar-refractivity contribution < 1.29 is 4.74 Å². The van der Waals surface area contributed by atoms with Crippen LogP contribution in [0.2, 0.25) is 5.02 Å². The van der Waals surface area contributed by atoms with Crippen LogP contribution >= 0.6 is 27.5 Å². The first-order chi connectivity index (χ1) is 14.1. The van der Waals surface area contributed by atoms with E-state index in [4.69, 9.17) is 22.1 Å². The second kappa shape index (κ2) is 8.44. The summed E-state index contributed by atoms with van der Waals surface area (Å²) in [5.41, 5.74) is 11.4. The Labute approximate surface area is 183 Å². The van der Waals surface area contributed by atoms with Crippen LogP contribution in [0.15, 0.2) is 46.9 Å². The van der Waals surface area contributed by atoms with Crippen LogP contribution in [0.1, 0.15) is 35.2 Å². The van der Waals surface area contributed by atoms with Crippen molar-refractivity contribution in [3.8, 4) is 22.9 Å². The number of nitrogens with two attached hydrogens (primary N) is 1. The molecule has 1 aromatic heterocycles. The standard InChI is InChI=1S/C23H19BrClN3O/c24-15-7-10-21(29-13-14-5-8-16(25)9-6-14)18(11-15)22-17-3-1-2-4-20(17)28-23(27)19(22)12-26/h5-11H,1-4,13H2,(H2,27,28). The van der Waals surface area contributed by atoms with Crippen molar-refractivity contribution in [2.45, 2.75) is 32.3 Å². The summed E-state index contributed by atoms with van der Waals surface area (Å²) in [6.07, 6.45) is 3.93. The van der Waals surface area contributed by atoms with Crippen molar-refractivity contribution in [3.05, 3.63) is 74.3 Å². The fourth-order valence-corrected chi connectivity index (χ4v) is 4.22. The van der Waals surface area contributed by atoms with Crippen LogP contribution in [-0.2, 0) is 19.4 Å². The molecule has 0 radical (unpaired) electrons. The number of aryl methyl sites for hydroxylation is 1. The van der Waals surface area contributed by atoms with Crippen molar-refractivity contribution in [1.29, 1.82) is 5.26 Å². The third-order valence-corrected chi connectivity index (χ3v) is 5.88. The number of nitriles is 1. The molecule has 3 aromatic rings. The highest BCUT2D eigenvalue weighted by molar-refractivity contribution is 9.10. The first kappa shape index (κ1) is 19.8. The number of anilines is 1. The summed E-state index contributed by atoms with van der Waals surface area (Å²) in [5.74, 6) is 0.991. The Bertz CT molecular complexity index is 1110. The van der Waals surface area contributed by atoms with Crippen molar-refractivity contribution in [2.24, 2.45) is 0 Å². The van der Waals surface area contributed by atoms with Crippen LogP contribution in [0, 0.1) is 11.3 Å². The Morgan fingerprint density at radius 3 is 2.66 bits per heavy atom. The number of benzene rings is 2. The maximum Gasteiger partial charge on any atom is 0.142 e. The lowest BCUT2D eigenvalue weighted by atomic mass is 9.86. The molecule has 0 bridgehead atoms. The van der Waals surface area contributed by atoms with E-state index >= 15 is 0 Å². The van der Waals surface area contributed by atoms with Crippen molar-refractivity contribution in [1.82, 2.24) is 4.98 Å². The van der Waals surface area contributed by atoms with Crippen LogP contribution in [-0.4, -0.2) is 4.98 Å². The number of nitrogens with zero attached hydrogens (tertiary/aromatic N) is 2. The van der Waals surface area contributed by atoms with Crippen LogP contribution in [0.25, 0.3) is 11.1 Å². The van der Waals surface area contributed by atoms with Gasteiger partial charge in [0.05, 0.1) is 0 Å². The van der Waals surface area contributed by atoms with Gasteiger partial charge in [-0.05, 0) is 67.1 Å². The molecule has 1 aliphatic rings. The zero-order valence-electron chi connectivity index (χ0n) is 15.7. The van der Waals surface area contributed by atoms with E-state index in [1.807, 2.05) is 42.5 Å². The quantitative estimate of drug-likeness (QED) is 0.504. The number of nitrogen functional groups attached to an aromatic ring is 1. The smallest absolute Gasteiger partial charge is 0.142 e. The van der Waals surface area contributed by atoms with Gasteiger partial charge in [-0.1, -0.05) is 39.7 Å². The van der Waals surface area contributed by atoms with Crippen LogP contribution in [0.3, 0.4) is 0 Å². The summed E-state index contributed by atoms with van der Waals surface area (Å²) in [7, 11) is 0. The summed E-state index contributed by atoms with van der Waals surface area (Å²) in [5, 5.41) is 10.5. The van der Waals surface area contributed by atoms with E-state index in [0.717, 1.165) is 58.1 Å². The number of rotatable bonds is 4. The van der Waals surface area contributed by atoms with Gasteiger partial charge in [0.25, 0.3) is 0 Å². The molecule has 2 aromatic carbocycles. The molecule has 0 saturated heterocycles. The average Bonchev–Trinajstić information content (AvgIpc) is 2.73. The Balaban J connectivity index is 1.81. The Hall–Kier alpha value is -2.55. The normalized spacial score (nSPS) is 12.9. The maximum absolute atomic E-state index is 9.82. The molecule has 0 unspecified atom stereocenters. The number of ether oxygens (including phenoxy) is 1. The fraction of sp³-hybridized carbons (Fsp3) is 0.217. The largest absolute Gasteiger partial charge is 0.488 e. The molecule has 4 rings (SSSR count). The van der Waals surface area contributed by atoms with E-state index in [1.54, 1.807) is 0 Å². The summed E-state index contributed by atoms with van der Waals surface area (Å²) in [6.45, 7) is 0.399. The monoisotopic (exact) mass is 467 g/mol. The number of fused-ring (bicyclic) bond motifs is 1. The molecular weight excluding hydrogens is 450 g/mol. The molecule has 0 spiro atoms. The third kappa shape index (κ3) is 4.10. The minimum absolute atomic E-state index is 0.284. The number of hydrogen-bond acceptors (Lipinski definition) is 4. The number of halogens is 2. The zero-order valence-corrected chi connectivity index (χ0v) is 18.1. The second-order valence-electron chi connectivity index (χ2n) is 7.05. The topological polar surface area (TPSA) is 71.9 Å². The van der Waals surface area contributed by atoms with Crippen molar-refractivity contribution >= 4 is 33.3 Å². The van der Waals surface area contributed by atoms with Gasteiger partial charge in [0.15, 0.2) is 0 Å². The summed E-state index contributed by atoms with van der Waals surface area (Å²) in [4.78, 5) is 4.51. The lowest BCUT2D eigenvalue weighted by Gasteiger charge is -2.22. The van der Waals surface area contributed by atoms with Gasteiger partial charge >= 0.3 is 0 Å². The van der Waals surface area contributed by atoms with Crippen LogP contribution in [0.5, 0.6) is 5.75 Å². The SMILES string of the molecule is N#Cc1c(N)nc2c(c1-c1cc(Br)ccc1OCc1ccc(Cl)cc1)CCCC2. The molecule has 0 aliphatic heterocycles. The summed E-state index contributed by atoms with van der Waals surface area (Å²) < 4.78 is 7.08. The molecule has 1 heterocycles. The van der Waals surface area contributed by atoms with Crippen molar-refractivity contribution in [2.75, 3.05) is 5.73 Å². The van der Waals surface area contributed by atoms with Gasteiger partial charge in [0.1, 0.15) is 29.8 Å². The lowest BCUT2D eigenvalue weighted by molar-refractivity contribution is 0.307. The van der Waals surface area contributed by atoms with Gasteiger partial charge in [-0.2, -0.15) is 5.26 Å². The van der Waals surface area contributed by atoms with Crippen LogP contribution < -0.4 is 10.5 Å². The average molecular weight is 469 g/mol. The highest BCUT2D eigenvalue weighted by Crippen LogP contribution is 2.41. The molecule has 0 amide bonds. The second-order valence-corrected chi connectivity index (χ2v) is 8.40. The van der Waals surface area contributed by atoms with E-state index in [0.29, 0.717) is 22.9 Å². The molecule has 4 nitrogen and oxygen atoms in total. The van der Waals surface area contributed by atoms with E-state index in [1.165, 1.54) is 0 Å². The Morgan fingerprint density at radius 2 is 1.90 bits per heavy atom. The zero-order chi connectivity index (χ0) is 20.4. The molecular formula is C23H19BrClN3O. The molecule has 0 atom stereocenters. The van der Waals surface area contributed by atoms with E-state index < -0.39 is 0 Å². The molecule has 0 fully saturated rings. The molecule has 146 valence electrons. The van der Waals surface area contributed by atoms with Crippen molar-refractivity contribution in [3.63, 3.8) is 0 Å². The first-order valence-electron chi connectivity index (χ1n) is 9.45. The summed E-state index contributed by atoms with van der Waals surface area (Å²) >= 11 is 9.53. The van der Waals surface area contributed by atoms with Gasteiger partial charge in [-0.15, -0.1) is 0 Å². The molecule has 1 aliphatic carbocycles. The number of hydrogen-bond donors (Lipinski definition) is 1. The van der Waals surface area contributed by atoms with E-state index in [2.05, 4.69) is 27.0 Å². The third-order valence-electron chi connectivity index (χ3n) is 5.13. The predicted octanol–water partition coefficient (Wildman–Crippen LogP) is 6.08. The van der Waals surface area contributed by atoms with Gasteiger partial charge in [-0.25, -0.2) is 4.98 Å². The van der Waals surface area contributed by atoms with Gasteiger partial charge in [0.2, 0.25) is 0 Å². The summed E-state index contributed by atoms with van der Waals surface area (Å²) in [6, 6.07) is 15.7. The molecule has 6 heteroatoms. The number of pyridine rings is 1. The van der Waals surface area contributed by atoms with E-state index in [-0.39, 0.29) is 5.82 Å². The van der Waals surface area contributed by atoms with Gasteiger partial charge in [-0.3, -0.25) is 0 Å². The van der Waals surface area contributed by atoms with E-state index in [9.17, 15) is 5.26 Å². The molecule has 2 N–H and O–H groups in total. The predicted molar refractivity (Wildman–Crippen MR) is 119 cm³/mol. The first-order valence-corrected chi connectivity index (χ1v) is 10.6. The lowest BCUT2D eigenvalue weighted by Crippen LogP contribution is -2.12. The number of aromatic nitrogens is 1. The minimum atomic E-state index is 0.284. The highest BCUT2D eigenvalue weighted by Gasteiger charge is 2.24. The Kier molecular flexibility index (Phi) is 5.75. The molecule has 29 heavy (non-hydrogen) atoms. The molecule has 0 saturated carbocycles. The Morgan fingerprint density at radius 1 is 1.14 bits per heavy atom. The van der Waals surface area contributed by atoms with Gasteiger partial charge < -0.3 is 10.5 Å². The van der Waals surface area contributed by atoms with Crippen LogP contribution in [0.4, 0.5) is 5.82 Å². The highest BCUT2D eigenvalue weighted by atomic mass is 79.9. The fourth-order valence-electron chi connectivity index (χ4n) is 3.74. The maximum atomic E-state index is 9.82. The minimum Gasteiger partial charge on any atom is -0.488 e.